The molecule has 0 aliphatic heterocycles. The molecule has 0 saturated heterocycles. The topological polar surface area (TPSA) is 68.3 Å². The molecule has 0 N–H and O–H groups in total. The van der Waals surface area contributed by atoms with E-state index in [2.05, 4.69) is 0 Å². The average molecular weight is 546 g/mol. The molecular weight excluding hydrogens is 527 g/mol. The predicted molar refractivity (Wildman–Crippen MR) is 133 cm³/mol. The summed E-state index contributed by atoms with van der Waals surface area (Å²) in [6.07, 6.45) is 1.18. The summed E-state index contributed by atoms with van der Waals surface area (Å²) in [7, 11) is 3.47. The van der Waals surface area contributed by atoms with Gasteiger partial charge in [0.25, 0.3) is 18.1 Å². The fourth-order valence-corrected chi connectivity index (χ4v) is 7.67. The van der Waals surface area contributed by atoms with Crippen LogP contribution in [0.15, 0.2) is 92.0 Å². The molecule has 4 aromatic rings. The second-order valence-corrected chi connectivity index (χ2v) is 14.0. The zero-order valence-corrected chi connectivity index (χ0v) is 21.3. The summed E-state index contributed by atoms with van der Waals surface area (Å²) >= 11 is 2.31. The van der Waals surface area contributed by atoms with Crippen molar-refractivity contribution in [3.8, 4) is 0 Å². The molecule has 32 heavy (non-hydrogen) atoms. The van der Waals surface area contributed by atoms with Crippen molar-refractivity contribution in [3.63, 3.8) is 0 Å². The molecule has 0 saturated carbocycles. The lowest BCUT2D eigenvalue weighted by Gasteiger charge is -2.01. The SMILES string of the molecule is O=S(=O)(Cl)c1sccc1Cc1ccccc1.O=S(=O)(Cl)c1sccc1Cc1ccccc1. The van der Waals surface area contributed by atoms with Gasteiger partial charge in [-0.15, -0.1) is 22.7 Å². The van der Waals surface area contributed by atoms with Gasteiger partial charge in [0.2, 0.25) is 0 Å². The third kappa shape index (κ3) is 7.16. The molecule has 168 valence electrons. The Morgan fingerprint density at radius 1 is 0.562 bits per heavy atom. The largest absolute Gasteiger partial charge is 0.271 e. The monoisotopic (exact) mass is 544 g/mol. The smallest absolute Gasteiger partial charge is 0.206 e. The van der Waals surface area contributed by atoms with Gasteiger partial charge in [-0.3, -0.25) is 0 Å². The zero-order chi connectivity index (χ0) is 23.2. The van der Waals surface area contributed by atoms with E-state index < -0.39 is 18.1 Å². The first-order valence-corrected chi connectivity index (χ1v) is 15.6. The van der Waals surface area contributed by atoms with Crippen LogP contribution in [-0.4, -0.2) is 16.8 Å². The number of rotatable bonds is 6. The molecule has 4 rings (SSSR count). The van der Waals surface area contributed by atoms with Gasteiger partial charge in [-0.25, -0.2) is 16.8 Å². The van der Waals surface area contributed by atoms with Crippen LogP contribution in [0.3, 0.4) is 0 Å². The Morgan fingerprint density at radius 3 is 1.22 bits per heavy atom. The van der Waals surface area contributed by atoms with Crippen LogP contribution >= 0.6 is 44.0 Å². The number of halogens is 2. The molecule has 0 bridgehead atoms. The van der Waals surface area contributed by atoms with Gasteiger partial charge in [-0.2, -0.15) is 0 Å². The summed E-state index contributed by atoms with van der Waals surface area (Å²) in [5.41, 5.74) is 3.65. The maximum atomic E-state index is 11.3. The van der Waals surface area contributed by atoms with E-state index >= 15 is 0 Å². The van der Waals surface area contributed by atoms with E-state index in [9.17, 15) is 16.8 Å². The van der Waals surface area contributed by atoms with Crippen molar-refractivity contribution in [1.82, 2.24) is 0 Å². The summed E-state index contributed by atoms with van der Waals surface area (Å²) in [4.78, 5) is 0. The van der Waals surface area contributed by atoms with Crippen LogP contribution in [0, 0.1) is 0 Å². The Hall–Kier alpha value is -1.68. The number of hydrogen-bond donors (Lipinski definition) is 0. The van der Waals surface area contributed by atoms with Gasteiger partial charge in [0, 0.05) is 21.4 Å². The molecule has 2 aromatic carbocycles. The van der Waals surface area contributed by atoms with Crippen LogP contribution < -0.4 is 0 Å². The second-order valence-electron chi connectivity index (χ2n) is 6.67. The Bertz CT molecular complexity index is 1250. The van der Waals surface area contributed by atoms with Crippen LogP contribution in [0.5, 0.6) is 0 Å². The normalized spacial score (nSPS) is 11.6. The van der Waals surface area contributed by atoms with Gasteiger partial charge in [0.05, 0.1) is 0 Å². The highest BCUT2D eigenvalue weighted by atomic mass is 35.7. The van der Waals surface area contributed by atoms with Gasteiger partial charge in [-0.05, 0) is 58.0 Å². The molecule has 0 unspecified atom stereocenters. The molecule has 0 spiro atoms. The summed E-state index contributed by atoms with van der Waals surface area (Å²) in [6.45, 7) is 0. The Morgan fingerprint density at radius 2 is 0.906 bits per heavy atom. The van der Waals surface area contributed by atoms with Gasteiger partial charge in [0.15, 0.2) is 0 Å². The molecule has 0 atom stereocenters. The lowest BCUT2D eigenvalue weighted by molar-refractivity contribution is 0.609. The van der Waals surface area contributed by atoms with Gasteiger partial charge >= 0.3 is 0 Å². The Kier molecular flexibility index (Phi) is 8.55. The fourth-order valence-electron chi connectivity index (χ4n) is 2.97. The highest BCUT2D eigenvalue weighted by Crippen LogP contribution is 2.29. The van der Waals surface area contributed by atoms with E-state index in [4.69, 9.17) is 21.4 Å². The molecule has 2 aromatic heterocycles. The number of hydrogen-bond acceptors (Lipinski definition) is 6. The molecule has 10 heteroatoms. The molecule has 0 radical (unpaired) electrons. The van der Waals surface area contributed by atoms with Crippen molar-refractivity contribution in [2.45, 2.75) is 21.3 Å². The lowest BCUT2D eigenvalue weighted by Crippen LogP contribution is -1.94. The molecule has 0 aliphatic rings. The van der Waals surface area contributed by atoms with E-state index in [-0.39, 0.29) is 8.42 Å². The first-order valence-electron chi connectivity index (χ1n) is 9.24. The molecule has 4 nitrogen and oxygen atoms in total. The highest BCUT2D eigenvalue weighted by Gasteiger charge is 2.18. The Balaban J connectivity index is 0.000000181. The molecule has 0 fully saturated rings. The third-order valence-corrected chi connectivity index (χ3v) is 10.6. The van der Waals surface area contributed by atoms with Crippen molar-refractivity contribution in [2.75, 3.05) is 0 Å². The zero-order valence-electron chi connectivity index (χ0n) is 16.5. The maximum absolute atomic E-state index is 11.3. The summed E-state index contributed by atoms with van der Waals surface area (Å²) in [5, 5.41) is 3.49. The fraction of sp³-hybridized carbons (Fsp3) is 0.0909. The third-order valence-electron chi connectivity index (χ3n) is 4.33. The predicted octanol–water partition coefficient (Wildman–Crippen LogP) is 6.53. The van der Waals surface area contributed by atoms with E-state index in [1.807, 2.05) is 60.7 Å². The minimum absolute atomic E-state index is 0.248. The minimum atomic E-state index is -3.62. The van der Waals surface area contributed by atoms with Crippen molar-refractivity contribution in [3.05, 3.63) is 106 Å². The lowest BCUT2D eigenvalue weighted by atomic mass is 10.1. The molecule has 0 amide bonds. The van der Waals surface area contributed by atoms with Gasteiger partial charge in [-0.1, -0.05) is 60.7 Å². The van der Waals surface area contributed by atoms with Crippen LogP contribution in [0.1, 0.15) is 22.3 Å². The van der Waals surface area contributed by atoms with Crippen molar-refractivity contribution < 1.29 is 16.8 Å². The van der Waals surface area contributed by atoms with Crippen LogP contribution in [-0.2, 0) is 30.9 Å². The van der Waals surface area contributed by atoms with E-state index in [0.717, 1.165) is 44.9 Å². The first-order chi connectivity index (χ1) is 15.1. The quantitative estimate of drug-likeness (QED) is 0.258. The Labute approximate surface area is 204 Å². The van der Waals surface area contributed by atoms with Crippen LogP contribution in [0.25, 0.3) is 0 Å². The van der Waals surface area contributed by atoms with E-state index in [1.165, 1.54) is 0 Å². The van der Waals surface area contributed by atoms with Crippen molar-refractivity contribution in [1.29, 1.82) is 0 Å². The van der Waals surface area contributed by atoms with Crippen LogP contribution in [0.4, 0.5) is 0 Å². The number of benzene rings is 2. The van der Waals surface area contributed by atoms with E-state index in [1.54, 1.807) is 22.9 Å². The average Bonchev–Trinajstić information content (AvgIpc) is 3.39. The maximum Gasteiger partial charge on any atom is 0.271 e. The summed E-state index contributed by atoms with van der Waals surface area (Å²) in [5.74, 6) is 0. The molecule has 0 aliphatic carbocycles. The van der Waals surface area contributed by atoms with Crippen molar-refractivity contribution in [2.24, 2.45) is 0 Å². The molecule has 2 heterocycles. The molecular formula is C22H18Cl2O4S4. The minimum Gasteiger partial charge on any atom is -0.206 e. The van der Waals surface area contributed by atoms with Gasteiger partial charge in [0.1, 0.15) is 8.42 Å². The van der Waals surface area contributed by atoms with E-state index in [0.29, 0.717) is 12.8 Å². The second kappa shape index (κ2) is 11.0. The summed E-state index contributed by atoms with van der Waals surface area (Å²) < 4.78 is 45.6. The summed E-state index contributed by atoms with van der Waals surface area (Å²) in [6, 6.07) is 23.0. The standard InChI is InChI=1S/2C11H9ClO2S2/c2*12-16(13,14)11-10(6-7-15-11)8-9-4-2-1-3-5-9/h2*1-7H,8H2. The van der Waals surface area contributed by atoms with Gasteiger partial charge < -0.3 is 0 Å². The van der Waals surface area contributed by atoms with Crippen LogP contribution in [0.2, 0.25) is 0 Å². The van der Waals surface area contributed by atoms with Crippen molar-refractivity contribution >= 4 is 62.1 Å². The highest BCUT2D eigenvalue weighted by molar-refractivity contribution is 8.15. The number of thiophene rings is 2. The first kappa shape index (κ1) is 25.0.